The smallest absolute Gasteiger partial charge is 0.396 e. The standard InChI is InChI=1S/C7H4F7N3/c8-5(9,6(10,11)7(12,13)14)4-16-1-3(15)2-17-4/h1-2H,15H2. The molecule has 96 valence electrons. The zero-order valence-corrected chi connectivity index (χ0v) is 7.77. The molecule has 0 unspecified atom stereocenters. The molecule has 1 heterocycles. The van der Waals surface area contributed by atoms with Gasteiger partial charge in [0.25, 0.3) is 0 Å². The predicted molar refractivity (Wildman–Crippen MR) is 41.3 cm³/mol. The lowest BCUT2D eigenvalue weighted by molar-refractivity contribution is -0.361. The van der Waals surface area contributed by atoms with Gasteiger partial charge in [-0.2, -0.15) is 30.7 Å². The molecule has 1 rings (SSSR count). The molecule has 0 aliphatic heterocycles. The largest absolute Gasteiger partial charge is 0.460 e. The van der Waals surface area contributed by atoms with Gasteiger partial charge >= 0.3 is 18.0 Å². The molecular weight excluding hydrogens is 259 g/mol. The molecule has 10 heteroatoms. The number of nitrogen functional groups attached to an aromatic ring is 1. The van der Waals surface area contributed by atoms with Crippen LogP contribution in [-0.2, 0) is 5.92 Å². The molecule has 1 aromatic rings. The molecular formula is C7H4F7N3. The molecule has 0 aliphatic carbocycles. The zero-order chi connectivity index (χ0) is 13.5. The Kier molecular flexibility index (Phi) is 2.93. The molecule has 0 atom stereocenters. The van der Waals surface area contributed by atoms with Gasteiger partial charge in [0, 0.05) is 0 Å². The van der Waals surface area contributed by atoms with E-state index in [1.54, 1.807) is 0 Å². The predicted octanol–water partition coefficient (Wildman–Crippen LogP) is 2.35. The molecule has 0 amide bonds. The maximum absolute atomic E-state index is 12.9. The summed E-state index contributed by atoms with van der Waals surface area (Å²) in [5, 5.41) is 0. The van der Waals surface area contributed by atoms with Gasteiger partial charge < -0.3 is 5.73 Å². The van der Waals surface area contributed by atoms with Gasteiger partial charge in [-0.05, 0) is 0 Å². The second-order valence-corrected chi connectivity index (χ2v) is 2.99. The molecule has 2 N–H and O–H groups in total. The van der Waals surface area contributed by atoms with Crippen LogP contribution < -0.4 is 5.73 Å². The first-order valence-corrected chi connectivity index (χ1v) is 3.90. The fraction of sp³-hybridized carbons (Fsp3) is 0.429. The van der Waals surface area contributed by atoms with Crippen LogP contribution in [-0.4, -0.2) is 22.1 Å². The lowest BCUT2D eigenvalue weighted by Gasteiger charge is -2.26. The molecule has 0 fully saturated rings. The summed E-state index contributed by atoms with van der Waals surface area (Å²) in [6.07, 6.45) is -5.41. The number of nitrogens with zero attached hydrogens (tertiary/aromatic N) is 2. The summed E-state index contributed by atoms with van der Waals surface area (Å²) in [4.78, 5) is 5.33. The van der Waals surface area contributed by atoms with Crippen molar-refractivity contribution in [1.29, 1.82) is 0 Å². The number of nitrogens with two attached hydrogens (primary N) is 1. The third kappa shape index (κ3) is 2.11. The number of alkyl halides is 7. The number of hydrogen-bond acceptors (Lipinski definition) is 3. The summed E-state index contributed by atoms with van der Waals surface area (Å²) >= 11 is 0. The SMILES string of the molecule is Nc1cnc(C(F)(F)C(F)(F)C(F)(F)F)nc1. The van der Waals surface area contributed by atoms with E-state index >= 15 is 0 Å². The molecule has 0 saturated heterocycles. The van der Waals surface area contributed by atoms with E-state index in [0.29, 0.717) is 12.4 Å². The molecule has 0 radical (unpaired) electrons. The molecule has 0 saturated carbocycles. The normalized spacial score (nSPS) is 13.8. The molecule has 0 spiro atoms. The average molecular weight is 263 g/mol. The van der Waals surface area contributed by atoms with Crippen LogP contribution >= 0.6 is 0 Å². The van der Waals surface area contributed by atoms with Crippen LogP contribution in [0.15, 0.2) is 12.4 Å². The number of hydrogen-bond donors (Lipinski definition) is 1. The van der Waals surface area contributed by atoms with Crippen LogP contribution in [0.4, 0.5) is 36.4 Å². The second-order valence-electron chi connectivity index (χ2n) is 2.99. The topological polar surface area (TPSA) is 51.8 Å². The minimum atomic E-state index is -6.42. The maximum Gasteiger partial charge on any atom is 0.460 e. The molecule has 1 aromatic heterocycles. The van der Waals surface area contributed by atoms with E-state index in [2.05, 4.69) is 9.97 Å². The Balaban J connectivity index is 3.23. The minimum absolute atomic E-state index is 0.250. The first kappa shape index (κ1) is 13.5. The lowest BCUT2D eigenvalue weighted by atomic mass is 10.1. The van der Waals surface area contributed by atoms with Crippen molar-refractivity contribution >= 4 is 5.69 Å². The number of anilines is 1. The first-order chi connectivity index (χ1) is 7.50. The van der Waals surface area contributed by atoms with Gasteiger partial charge in [-0.1, -0.05) is 0 Å². The lowest BCUT2D eigenvalue weighted by Crippen LogP contribution is -2.50. The van der Waals surface area contributed by atoms with Gasteiger partial charge in [0.2, 0.25) is 5.82 Å². The molecule has 0 aromatic carbocycles. The molecule has 0 aliphatic rings. The van der Waals surface area contributed by atoms with Gasteiger partial charge in [-0.25, -0.2) is 9.97 Å². The van der Waals surface area contributed by atoms with E-state index in [9.17, 15) is 30.7 Å². The van der Waals surface area contributed by atoms with E-state index in [1.165, 1.54) is 0 Å². The van der Waals surface area contributed by atoms with Crippen molar-refractivity contribution in [3.8, 4) is 0 Å². The van der Waals surface area contributed by atoms with E-state index in [-0.39, 0.29) is 5.69 Å². The van der Waals surface area contributed by atoms with Gasteiger partial charge in [0.1, 0.15) is 0 Å². The Morgan fingerprint density at radius 3 is 1.65 bits per heavy atom. The molecule has 3 nitrogen and oxygen atoms in total. The minimum Gasteiger partial charge on any atom is -0.396 e. The Labute approximate surface area is 89.5 Å². The molecule has 17 heavy (non-hydrogen) atoms. The highest BCUT2D eigenvalue weighted by Crippen LogP contribution is 2.50. The van der Waals surface area contributed by atoms with Gasteiger partial charge in [0.05, 0.1) is 18.1 Å². The third-order valence-corrected chi connectivity index (χ3v) is 1.70. The van der Waals surface area contributed by atoms with Crippen LogP contribution in [0.2, 0.25) is 0 Å². The number of aromatic nitrogens is 2. The Morgan fingerprint density at radius 1 is 0.882 bits per heavy atom. The quantitative estimate of drug-likeness (QED) is 0.833. The highest BCUT2D eigenvalue weighted by Gasteiger charge is 2.75. The summed E-state index contributed by atoms with van der Waals surface area (Å²) < 4.78 is 86.2. The monoisotopic (exact) mass is 263 g/mol. The number of rotatable bonds is 2. The van der Waals surface area contributed by atoms with Gasteiger partial charge in [-0.3, -0.25) is 0 Å². The van der Waals surface area contributed by atoms with Crippen molar-refractivity contribution < 1.29 is 30.7 Å². The summed E-state index contributed by atoms with van der Waals surface area (Å²) in [6, 6.07) is 0. The van der Waals surface area contributed by atoms with Crippen molar-refractivity contribution in [1.82, 2.24) is 9.97 Å². The fourth-order valence-electron chi connectivity index (χ4n) is 0.819. The summed E-state index contributed by atoms with van der Waals surface area (Å²) in [6.45, 7) is 0. The fourth-order valence-corrected chi connectivity index (χ4v) is 0.819. The Bertz CT molecular complexity index is 397. The zero-order valence-electron chi connectivity index (χ0n) is 7.77. The number of halogens is 7. The first-order valence-electron chi connectivity index (χ1n) is 3.90. The van der Waals surface area contributed by atoms with Crippen molar-refractivity contribution in [3.05, 3.63) is 18.2 Å². The van der Waals surface area contributed by atoms with E-state index < -0.39 is 23.8 Å². The van der Waals surface area contributed by atoms with Crippen LogP contribution in [0.3, 0.4) is 0 Å². The summed E-state index contributed by atoms with van der Waals surface area (Å²) in [7, 11) is 0. The Hall–Kier alpha value is -1.61. The van der Waals surface area contributed by atoms with Crippen LogP contribution in [0.5, 0.6) is 0 Å². The maximum atomic E-state index is 12.9. The van der Waals surface area contributed by atoms with Crippen LogP contribution in [0, 0.1) is 0 Å². The summed E-state index contributed by atoms with van der Waals surface area (Å²) in [5.74, 6) is -13.8. The molecule has 0 bridgehead atoms. The van der Waals surface area contributed by atoms with Crippen molar-refractivity contribution in [3.63, 3.8) is 0 Å². The van der Waals surface area contributed by atoms with Crippen LogP contribution in [0.1, 0.15) is 5.82 Å². The van der Waals surface area contributed by atoms with E-state index in [4.69, 9.17) is 5.73 Å². The van der Waals surface area contributed by atoms with Gasteiger partial charge in [-0.15, -0.1) is 0 Å². The Morgan fingerprint density at radius 2 is 1.29 bits per heavy atom. The van der Waals surface area contributed by atoms with Crippen molar-refractivity contribution in [2.45, 2.75) is 18.0 Å². The van der Waals surface area contributed by atoms with E-state index in [1.807, 2.05) is 0 Å². The van der Waals surface area contributed by atoms with Gasteiger partial charge in [0.15, 0.2) is 0 Å². The van der Waals surface area contributed by atoms with Crippen LogP contribution in [0.25, 0.3) is 0 Å². The van der Waals surface area contributed by atoms with Crippen molar-refractivity contribution in [2.75, 3.05) is 5.73 Å². The van der Waals surface area contributed by atoms with Crippen molar-refractivity contribution in [2.24, 2.45) is 0 Å². The third-order valence-electron chi connectivity index (χ3n) is 1.70. The average Bonchev–Trinajstić information content (AvgIpc) is 2.16. The highest BCUT2D eigenvalue weighted by molar-refractivity contribution is 5.30. The summed E-state index contributed by atoms with van der Waals surface area (Å²) in [5.41, 5.74) is 4.74. The van der Waals surface area contributed by atoms with E-state index in [0.717, 1.165) is 0 Å². The highest BCUT2D eigenvalue weighted by atomic mass is 19.4. The second kappa shape index (κ2) is 3.70.